The maximum absolute atomic E-state index is 11.2. The van der Waals surface area contributed by atoms with Crippen LogP contribution in [0.2, 0.25) is 5.02 Å². The van der Waals surface area contributed by atoms with E-state index in [0.29, 0.717) is 27.0 Å². The summed E-state index contributed by atoms with van der Waals surface area (Å²) in [7, 11) is 0. The Morgan fingerprint density at radius 2 is 1.88 bits per heavy atom. The fourth-order valence-electron chi connectivity index (χ4n) is 2.39. The van der Waals surface area contributed by atoms with Crippen molar-refractivity contribution >= 4 is 39.6 Å². The quantitative estimate of drug-likeness (QED) is 0.593. The molecule has 132 valence electrons. The van der Waals surface area contributed by atoms with Gasteiger partial charge < -0.3 is 9.67 Å². The van der Waals surface area contributed by atoms with Crippen LogP contribution < -0.4 is 4.80 Å². The number of aromatic nitrogens is 1. The number of aliphatic carboxylic acids is 1. The lowest BCUT2D eigenvalue weighted by molar-refractivity contribution is -0.137. The minimum atomic E-state index is -1.04. The molecule has 0 aliphatic heterocycles. The van der Waals surface area contributed by atoms with Crippen LogP contribution in [0.5, 0.6) is 0 Å². The van der Waals surface area contributed by atoms with Crippen LogP contribution in [0.4, 0.5) is 10.7 Å². The van der Waals surface area contributed by atoms with Gasteiger partial charge in [0.2, 0.25) is 0 Å². The Hall–Kier alpha value is -2.77. The second-order valence-corrected chi connectivity index (χ2v) is 6.94. The summed E-state index contributed by atoms with van der Waals surface area (Å²) in [5, 5.41) is 26.7. The largest absolute Gasteiger partial charge is 0.480 e. The molecule has 1 heterocycles. The molecular weight excluding hydrogens is 372 g/mol. The molecule has 6 nitrogen and oxygen atoms in total. The third-order valence-corrected chi connectivity index (χ3v) is 4.84. The number of halogens is 1. The van der Waals surface area contributed by atoms with Gasteiger partial charge in [-0.3, -0.25) is 10.2 Å². The van der Waals surface area contributed by atoms with Gasteiger partial charge in [0.25, 0.3) is 0 Å². The summed E-state index contributed by atoms with van der Waals surface area (Å²) < 4.78 is 1.37. The van der Waals surface area contributed by atoms with Gasteiger partial charge in [0.1, 0.15) is 6.54 Å². The average Bonchev–Trinajstić information content (AvgIpc) is 2.90. The van der Waals surface area contributed by atoms with Crippen LogP contribution in [0.25, 0.3) is 11.3 Å². The molecule has 0 radical (unpaired) electrons. The van der Waals surface area contributed by atoms with Crippen LogP contribution in [-0.4, -0.2) is 15.6 Å². The molecule has 0 bridgehead atoms. The zero-order valence-electron chi connectivity index (χ0n) is 13.8. The van der Waals surface area contributed by atoms with Gasteiger partial charge in [-0.25, -0.2) is 0 Å². The monoisotopic (exact) mass is 386 g/mol. The van der Waals surface area contributed by atoms with Gasteiger partial charge >= 0.3 is 5.97 Å². The first-order valence-electron chi connectivity index (χ1n) is 7.69. The molecule has 8 heteroatoms. The molecule has 2 N–H and O–H groups in total. The Labute approximate surface area is 158 Å². The molecule has 3 rings (SSSR count). The highest BCUT2D eigenvalue weighted by atomic mass is 35.5. The van der Waals surface area contributed by atoms with E-state index in [2.05, 4.69) is 10.2 Å². The number of carboxylic acids is 1. The lowest BCUT2D eigenvalue weighted by atomic mass is 10.1. The van der Waals surface area contributed by atoms with E-state index in [1.165, 1.54) is 4.57 Å². The number of azo groups is 1. The topological polar surface area (TPSA) is 90.8 Å². The molecule has 0 aliphatic rings. The summed E-state index contributed by atoms with van der Waals surface area (Å²) in [5.41, 5.74) is 2.88. The van der Waals surface area contributed by atoms with Crippen LogP contribution in [0.1, 0.15) is 5.56 Å². The number of nitrogens with one attached hydrogen (secondary N) is 1. The summed E-state index contributed by atoms with van der Waals surface area (Å²) in [5.74, 6) is -1.04. The first-order valence-corrected chi connectivity index (χ1v) is 8.88. The minimum Gasteiger partial charge on any atom is -0.480 e. The standard InChI is InChI=1S/C18H15ClN4O2S/c1-11-6-8-12(9-7-11)21-22-17-16(13-4-2-3-5-14(13)19)23(10-15(24)25)18(20)26-17/h2-9,20H,10H2,1H3,(H,24,25). The summed E-state index contributed by atoms with van der Waals surface area (Å²) in [6, 6.07) is 14.6. The van der Waals surface area contributed by atoms with Crippen molar-refractivity contribution in [3.8, 4) is 11.3 Å². The van der Waals surface area contributed by atoms with Crippen LogP contribution >= 0.6 is 22.9 Å². The highest BCUT2D eigenvalue weighted by molar-refractivity contribution is 7.13. The smallest absolute Gasteiger partial charge is 0.323 e. The molecule has 0 saturated carbocycles. The molecule has 0 saturated heterocycles. The number of benzene rings is 2. The molecule has 0 spiro atoms. The van der Waals surface area contributed by atoms with E-state index in [9.17, 15) is 9.90 Å². The van der Waals surface area contributed by atoms with Gasteiger partial charge in [0.05, 0.1) is 11.4 Å². The maximum atomic E-state index is 11.2. The molecule has 0 aliphatic carbocycles. The normalized spacial score (nSPS) is 11.2. The zero-order valence-corrected chi connectivity index (χ0v) is 15.4. The number of aryl methyl sites for hydroxylation is 1. The van der Waals surface area contributed by atoms with E-state index in [0.717, 1.165) is 16.9 Å². The van der Waals surface area contributed by atoms with Gasteiger partial charge in [-0.2, -0.15) is 0 Å². The Bertz CT molecular complexity index is 1040. The molecule has 26 heavy (non-hydrogen) atoms. The summed E-state index contributed by atoms with van der Waals surface area (Å²) in [4.78, 5) is 11.3. The zero-order chi connectivity index (χ0) is 18.7. The molecular formula is C18H15ClN4O2S. The lowest BCUT2D eigenvalue weighted by Gasteiger charge is -2.08. The van der Waals surface area contributed by atoms with Crippen molar-refractivity contribution in [1.29, 1.82) is 5.41 Å². The van der Waals surface area contributed by atoms with Gasteiger partial charge in [0, 0.05) is 10.6 Å². The van der Waals surface area contributed by atoms with Crippen molar-refractivity contribution < 1.29 is 9.90 Å². The van der Waals surface area contributed by atoms with E-state index >= 15 is 0 Å². The Morgan fingerprint density at radius 3 is 2.54 bits per heavy atom. The third-order valence-electron chi connectivity index (χ3n) is 3.62. The van der Waals surface area contributed by atoms with Gasteiger partial charge in [-0.15, -0.1) is 10.2 Å². The van der Waals surface area contributed by atoms with E-state index in [4.69, 9.17) is 17.0 Å². The highest BCUT2D eigenvalue weighted by Gasteiger charge is 2.19. The molecule has 3 aromatic rings. The third kappa shape index (κ3) is 3.89. The molecule has 0 amide bonds. The highest BCUT2D eigenvalue weighted by Crippen LogP contribution is 2.37. The molecule has 0 atom stereocenters. The molecule has 1 aromatic heterocycles. The summed E-state index contributed by atoms with van der Waals surface area (Å²) in [6.07, 6.45) is 0. The van der Waals surface area contributed by atoms with Crippen molar-refractivity contribution in [2.75, 3.05) is 0 Å². The summed E-state index contributed by atoms with van der Waals surface area (Å²) in [6.45, 7) is 1.63. The van der Waals surface area contributed by atoms with Crippen LogP contribution in [-0.2, 0) is 11.3 Å². The second kappa shape index (κ2) is 7.63. The number of thiazole rings is 1. The van der Waals surface area contributed by atoms with Gasteiger partial charge in [-0.05, 0) is 25.1 Å². The van der Waals surface area contributed by atoms with Crippen LogP contribution in [0.3, 0.4) is 0 Å². The van der Waals surface area contributed by atoms with Crippen molar-refractivity contribution in [3.63, 3.8) is 0 Å². The lowest BCUT2D eigenvalue weighted by Crippen LogP contribution is -2.20. The van der Waals surface area contributed by atoms with Crippen molar-refractivity contribution in [2.24, 2.45) is 10.2 Å². The fraction of sp³-hybridized carbons (Fsp3) is 0.111. The molecule has 0 fully saturated rings. The minimum absolute atomic E-state index is 0.0696. The summed E-state index contributed by atoms with van der Waals surface area (Å²) >= 11 is 7.35. The van der Waals surface area contributed by atoms with Crippen LogP contribution in [0.15, 0.2) is 58.8 Å². The van der Waals surface area contributed by atoms with Crippen molar-refractivity contribution in [1.82, 2.24) is 4.57 Å². The van der Waals surface area contributed by atoms with Gasteiger partial charge in [0.15, 0.2) is 9.80 Å². The average molecular weight is 387 g/mol. The van der Waals surface area contributed by atoms with Crippen molar-refractivity contribution in [2.45, 2.75) is 13.5 Å². The predicted octanol–water partition coefficient (Wildman–Crippen LogP) is 5.16. The Morgan fingerprint density at radius 1 is 1.19 bits per heavy atom. The molecule has 2 aromatic carbocycles. The van der Waals surface area contributed by atoms with Crippen LogP contribution in [0, 0.1) is 12.3 Å². The first-order chi connectivity index (χ1) is 12.5. The number of carboxylic acid groups (broad SMARTS) is 1. The second-order valence-electron chi connectivity index (χ2n) is 5.56. The predicted molar refractivity (Wildman–Crippen MR) is 102 cm³/mol. The van der Waals surface area contributed by atoms with E-state index in [1.807, 2.05) is 31.2 Å². The first kappa shape index (κ1) is 18.0. The van der Waals surface area contributed by atoms with E-state index < -0.39 is 5.97 Å². The number of nitrogens with zero attached hydrogens (tertiary/aromatic N) is 3. The molecule has 0 unspecified atom stereocenters. The number of carbonyl (C=O) groups is 1. The SMILES string of the molecule is Cc1ccc(N=Nc2sc(=N)n(CC(=O)O)c2-c2ccccc2Cl)cc1. The Balaban J connectivity index is 2.13. The Kier molecular flexibility index (Phi) is 5.29. The maximum Gasteiger partial charge on any atom is 0.323 e. The van der Waals surface area contributed by atoms with E-state index in [1.54, 1.807) is 24.3 Å². The fourth-order valence-corrected chi connectivity index (χ4v) is 3.47. The van der Waals surface area contributed by atoms with E-state index in [-0.39, 0.29) is 11.3 Å². The van der Waals surface area contributed by atoms with Gasteiger partial charge in [-0.1, -0.05) is 58.8 Å². The van der Waals surface area contributed by atoms with Crippen molar-refractivity contribution in [3.05, 3.63) is 63.9 Å². The number of hydrogen-bond donors (Lipinski definition) is 2. The number of rotatable bonds is 5. The number of hydrogen-bond acceptors (Lipinski definition) is 5.